The number of carbonyl (C=O) groups is 1. The molecule has 2 heterocycles. The Morgan fingerprint density at radius 1 is 1.03 bits per heavy atom. The first-order valence-corrected chi connectivity index (χ1v) is 12.5. The summed E-state index contributed by atoms with van der Waals surface area (Å²) in [7, 11) is -3.56. The Balaban J connectivity index is 1.36. The van der Waals surface area contributed by atoms with Crippen molar-refractivity contribution in [1.82, 2.24) is 9.62 Å². The molecule has 172 valence electrons. The van der Waals surface area contributed by atoms with Gasteiger partial charge in [0.25, 0.3) is 0 Å². The van der Waals surface area contributed by atoms with Gasteiger partial charge in [-0.25, -0.2) is 8.42 Å². The van der Waals surface area contributed by atoms with E-state index < -0.39 is 10.0 Å². The number of rotatable bonds is 5. The van der Waals surface area contributed by atoms with E-state index in [1.54, 1.807) is 6.07 Å². The minimum atomic E-state index is -3.56. The Morgan fingerprint density at radius 3 is 2.41 bits per heavy atom. The summed E-state index contributed by atoms with van der Waals surface area (Å²) in [4.78, 5) is 13.2. The molecule has 0 aliphatic carbocycles. The van der Waals surface area contributed by atoms with Gasteiger partial charge in [0.2, 0.25) is 15.9 Å². The first kappa shape index (κ1) is 22.6. The van der Waals surface area contributed by atoms with Crippen LogP contribution >= 0.6 is 0 Å². The molecule has 32 heavy (non-hydrogen) atoms. The van der Waals surface area contributed by atoms with Crippen LogP contribution in [-0.4, -0.2) is 44.9 Å². The van der Waals surface area contributed by atoms with Gasteiger partial charge in [0, 0.05) is 19.0 Å². The molecule has 2 aromatic rings. The molecule has 2 aliphatic rings. The van der Waals surface area contributed by atoms with Gasteiger partial charge in [-0.3, -0.25) is 4.79 Å². The van der Waals surface area contributed by atoms with E-state index in [4.69, 9.17) is 9.47 Å². The van der Waals surface area contributed by atoms with Crippen molar-refractivity contribution in [2.24, 2.45) is 5.92 Å². The highest BCUT2D eigenvalue weighted by Gasteiger charge is 2.33. The maximum atomic E-state index is 13.1. The minimum Gasteiger partial charge on any atom is -0.486 e. The number of fused-ring (bicyclic) bond motifs is 1. The number of ether oxygens (including phenoxy) is 2. The predicted molar refractivity (Wildman–Crippen MR) is 121 cm³/mol. The van der Waals surface area contributed by atoms with Crippen LogP contribution in [0, 0.1) is 19.8 Å². The first-order valence-electron chi connectivity index (χ1n) is 11.0. The number of nitrogens with one attached hydrogen (secondary N) is 1. The van der Waals surface area contributed by atoms with Gasteiger partial charge in [0.1, 0.15) is 13.2 Å². The zero-order chi connectivity index (χ0) is 22.9. The van der Waals surface area contributed by atoms with Crippen molar-refractivity contribution in [3.63, 3.8) is 0 Å². The molecule has 0 saturated carbocycles. The minimum absolute atomic E-state index is 0.0454. The van der Waals surface area contributed by atoms with Crippen molar-refractivity contribution in [2.45, 2.75) is 44.6 Å². The second-order valence-electron chi connectivity index (χ2n) is 8.58. The maximum Gasteiger partial charge on any atom is 0.243 e. The third-order valence-electron chi connectivity index (χ3n) is 6.20. The third-order valence-corrected chi connectivity index (χ3v) is 8.26. The summed E-state index contributed by atoms with van der Waals surface area (Å²) in [6, 6.07) is 10.9. The van der Waals surface area contributed by atoms with Crippen LogP contribution in [0.15, 0.2) is 41.3 Å². The fourth-order valence-corrected chi connectivity index (χ4v) is 6.01. The molecule has 0 spiro atoms. The Labute approximate surface area is 189 Å². The van der Waals surface area contributed by atoms with E-state index in [9.17, 15) is 13.2 Å². The number of piperidine rings is 1. The molecule has 1 fully saturated rings. The highest BCUT2D eigenvalue weighted by atomic mass is 32.2. The number of nitrogens with zero attached hydrogens (tertiary/aromatic N) is 1. The zero-order valence-electron chi connectivity index (χ0n) is 18.8. The summed E-state index contributed by atoms with van der Waals surface area (Å²) in [5, 5.41) is 3.07. The second-order valence-corrected chi connectivity index (χ2v) is 10.5. The molecule has 1 saturated heterocycles. The van der Waals surface area contributed by atoms with E-state index in [-0.39, 0.29) is 17.9 Å². The molecule has 4 rings (SSSR count). The molecule has 1 amide bonds. The Bertz CT molecular complexity index is 1110. The van der Waals surface area contributed by atoms with Crippen LogP contribution in [0.5, 0.6) is 11.5 Å². The lowest BCUT2D eigenvalue weighted by molar-refractivity contribution is -0.126. The second kappa shape index (κ2) is 9.11. The largest absolute Gasteiger partial charge is 0.486 e. The average molecular weight is 459 g/mol. The van der Waals surface area contributed by atoms with Gasteiger partial charge < -0.3 is 14.8 Å². The van der Waals surface area contributed by atoms with E-state index in [1.165, 1.54) is 4.31 Å². The van der Waals surface area contributed by atoms with Crippen LogP contribution in [0.25, 0.3) is 0 Å². The number of hydrogen-bond donors (Lipinski definition) is 1. The predicted octanol–water partition coefficient (Wildman–Crippen LogP) is 3.35. The first-order chi connectivity index (χ1) is 15.3. The van der Waals surface area contributed by atoms with Crippen LogP contribution in [0.2, 0.25) is 0 Å². The van der Waals surface area contributed by atoms with E-state index in [0.29, 0.717) is 49.8 Å². The summed E-state index contributed by atoms with van der Waals surface area (Å²) in [6.45, 7) is 7.43. The molecule has 2 aromatic carbocycles. The van der Waals surface area contributed by atoms with Gasteiger partial charge >= 0.3 is 0 Å². The molecule has 0 unspecified atom stereocenters. The summed E-state index contributed by atoms with van der Waals surface area (Å²) in [5.41, 5.74) is 2.72. The molecular weight excluding hydrogens is 428 g/mol. The third kappa shape index (κ3) is 4.61. The van der Waals surface area contributed by atoms with Crippen LogP contribution in [0.1, 0.15) is 42.5 Å². The van der Waals surface area contributed by atoms with E-state index in [2.05, 4.69) is 5.32 Å². The molecule has 2 aliphatic heterocycles. The van der Waals surface area contributed by atoms with Crippen LogP contribution in [-0.2, 0) is 14.8 Å². The molecular formula is C24H30N2O5S. The highest BCUT2D eigenvalue weighted by Crippen LogP contribution is 2.33. The molecule has 0 radical (unpaired) electrons. The molecule has 7 nitrogen and oxygen atoms in total. The summed E-state index contributed by atoms with van der Waals surface area (Å²) in [5.74, 6) is 1.16. The normalized spacial score (nSPS) is 18.2. The fraction of sp³-hybridized carbons (Fsp3) is 0.458. The molecule has 0 aromatic heterocycles. The van der Waals surface area contributed by atoms with Crippen molar-refractivity contribution in [3.05, 3.63) is 53.1 Å². The van der Waals surface area contributed by atoms with Crippen molar-refractivity contribution in [3.8, 4) is 11.5 Å². The Hall–Kier alpha value is -2.58. The zero-order valence-corrected chi connectivity index (χ0v) is 19.6. The highest BCUT2D eigenvalue weighted by molar-refractivity contribution is 7.89. The van der Waals surface area contributed by atoms with E-state index >= 15 is 0 Å². The molecule has 0 bridgehead atoms. The topological polar surface area (TPSA) is 84.9 Å². The SMILES string of the molecule is Cc1ccc(S(=O)(=O)N2CCC(C(=O)N[C@H](C)c3ccc4c(c3)OCCO4)CC2)c(C)c1. The van der Waals surface area contributed by atoms with Crippen molar-refractivity contribution >= 4 is 15.9 Å². The van der Waals surface area contributed by atoms with E-state index in [0.717, 1.165) is 22.4 Å². The Morgan fingerprint density at radius 2 is 1.72 bits per heavy atom. The molecule has 1 N–H and O–H groups in total. The average Bonchev–Trinajstić information content (AvgIpc) is 2.78. The fourth-order valence-electron chi connectivity index (χ4n) is 4.33. The number of amides is 1. The lowest BCUT2D eigenvalue weighted by atomic mass is 9.96. The van der Waals surface area contributed by atoms with Gasteiger partial charge in [0.15, 0.2) is 11.5 Å². The molecule has 1 atom stereocenters. The number of carbonyl (C=O) groups excluding carboxylic acids is 1. The van der Waals surface area contributed by atoms with Gasteiger partial charge in [-0.2, -0.15) is 4.31 Å². The quantitative estimate of drug-likeness (QED) is 0.743. The Kier molecular flexibility index (Phi) is 6.44. The van der Waals surface area contributed by atoms with Gasteiger partial charge in [-0.1, -0.05) is 23.8 Å². The summed E-state index contributed by atoms with van der Waals surface area (Å²) < 4.78 is 38.8. The molecule has 8 heteroatoms. The van der Waals surface area contributed by atoms with Crippen LogP contribution < -0.4 is 14.8 Å². The number of aryl methyl sites for hydroxylation is 2. The lowest BCUT2D eigenvalue weighted by Crippen LogP contribution is -2.43. The van der Waals surface area contributed by atoms with Crippen molar-refractivity contribution in [1.29, 1.82) is 0 Å². The summed E-state index contributed by atoms with van der Waals surface area (Å²) in [6.07, 6.45) is 1.01. The van der Waals surface area contributed by atoms with Crippen LogP contribution in [0.3, 0.4) is 0 Å². The van der Waals surface area contributed by atoms with Gasteiger partial charge in [0.05, 0.1) is 10.9 Å². The maximum absolute atomic E-state index is 13.1. The lowest BCUT2D eigenvalue weighted by Gasteiger charge is -2.31. The monoisotopic (exact) mass is 458 g/mol. The summed E-state index contributed by atoms with van der Waals surface area (Å²) >= 11 is 0. The smallest absolute Gasteiger partial charge is 0.243 e. The van der Waals surface area contributed by atoms with Gasteiger partial charge in [-0.05, 0) is 62.9 Å². The van der Waals surface area contributed by atoms with Crippen LogP contribution in [0.4, 0.5) is 0 Å². The number of hydrogen-bond acceptors (Lipinski definition) is 5. The van der Waals surface area contributed by atoms with Crippen molar-refractivity contribution < 1.29 is 22.7 Å². The van der Waals surface area contributed by atoms with Gasteiger partial charge in [-0.15, -0.1) is 0 Å². The standard InChI is InChI=1S/C24H30N2O5S/c1-16-4-7-23(17(2)14-16)32(28,29)26-10-8-19(9-11-26)24(27)25-18(3)20-5-6-21-22(15-20)31-13-12-30-21/h4-7,14-15,18-19H,8-13H2,1-3H3,(H,25,27)/t18-/m1/s1. The number of sulfonamides is 1. The van der Waals surface area contributed by atoms with Crippen molar-refractivity contribution in [2.75, 3.05) is 26.3 Å². The number of benzene rings is 2. The van der Waals surface area contributed by atoms with E-state index in [1.807, 2.05) is 51.1 Å².